The number of aliphatic carboxylic acids is 1. The summed E-state index contributed by atoms with van der Waals surface area (Å²) in [6.07, 6.45) is 3.15. The zero-order valence-electron chi connectivity index (χ0n) is 18.6. The molecule has 1 aliphatic carbocycles. The van der Waals surface area contributed by atoms with Crippen molar-refractivity contribution in [1.29, 1.82) is 5.26 Å². The summed E-state index contributed by atoms with van der Waals surface area (Å²) < 4.78 is 0. The number of nitriles is 1. The van der Waals surface area contributed by atoms with E-state index in [2.05, 4.69) is 23.6 Å². The fourth-order valence-electron chi connectivity index (χ4n) is 3.73. The van der Waals surface area contributed by atoms with E-state index in [4.69, 9.17) is 5.11 Å². The molecule has 1 heterocycles. The number of hydrogen-bond donors (Lipinski definition) is 3. The molecule has 174 valence electrons. The number of nitrogens with zero attached hydrogens (tertiary/aromatic N) is 1. The van der Waals surface area contributed by atoms with Gasteiger partial charge < -0.3 is 15.7 Å². The zero-order chi connectivity index (χ0) is 24.0. The largest absolute Gasteiger partial charge is 0.481 e. The van der Waals surface area contributed by atoms with E-state index >= 15 is 0 Å². The summed E-state index contributed by atoms with van der Waals surface area (Å²) >= 11 is 2.90. The van der Waals surface area contributed by atoms with Crippen LogP contribution in [0.15, 0.2) is 29.2 Å². The van der Waals surface area contributed by atoms with Gasteiger partial charge in [0.25, 0.3) is 0 Å². The van der Waals surface area contributed by atoms with Crippen LogP contribution in [-0.4, -0.2) is 28.1 Å². The van der Waals surface area contributed by atoms with Crippen LogP contribution in [0.3, 0.4) is 0 Å². The van der Waals surface area contributed by atoms with Crippen molar-refractivity contribution >= 4 is 51.6 Å². The first-order valence-electron chi connectivity index (χ1n) is 10.9. The highest BCUT2D eigenvalue weighted by atomic mass is 32.2. The molecule has 0 saturated heterocycles. The van der Waals surface area contributed by atoms with Crippen molar-refractivity contribution in [3.63, 3.8) is 0 Å². The van der Waals surface area contributed by atoms with Crippen molar-refractivity contribution in [2.75, 3.05) is 10.6 Å². The highest BCUT2D eigenvalue weighted by molar-refractivity contribution is 8.00. The molecule has 0 spiro atoms. The number of fused-ring (bicyclic) bond motifs is 1. The number of hydrogen-bond acceptors (Lipinski definition) is 6. The van der Waals surface area contributed by atoms with Crippen molar-refractivity contribution in [2.45, 2.75) is 62.5 Å². The van der Waals surface area contributed by atoms with E-state index in [0.717, 1.165) is 29.7 Å². The Morgan fingerprint density at radius 2 is 2.09 bits per heavy atom. The molecule has 3 N–H and O–H groups in total. The summed E-state index contributed by atoms with van der Waals surface area (Å²) in [5.74, 6) is -0.958. The molecule has 33 heavy (non-hydrogen) atoms. The predicted octanol–water partition coefficient (Wildman–Crippen LogP) is 5.06. The average Bonchev–Trinajstić information content (AvgIpc) is 3.11. The number of thiophene rings is 1. The summed E-state index contributed by atoms with van der Waals surface area (Å²) in [5.41, 5.74) is 2.24. The number of carboxylic acids is 1. The minimum absolute atomic E-state index is 0.0997. The summed E-state index contributed by atoms with van der Waals surface area (Å²) in [5, 5.41) is 24.3. The van der Waals surface area contributed by atoms with Crippen LogP contribution in [0.25, 0.3) is 0 Å². The van der Waals surface area contributed by atoms with Gasteiger partial charge in [0.15, 0.2) is 0 Å². The maximum atomic E-state index is 13.0. The molecule has 2 aromatic rings. The molecule has 1 aromatic heterocycles. The van der Waals surface area contributed by atoms with Crippen LogP contribution >= 0.6 is 23.1 Å². The number of carboxylic acid groups (broad SMARTS) is 1. The van der Waals surface area contributed by atoms with Crippen molar-refractivity contribution in [2.24, 2.45) is 5.92 Å². The van der Waals surface area contributed by atoms with Crippen molar-refractivity contribution in [3.8, 4) is 6.07 Å². The van der Waals surface area contributed by atoms with Gasteiger partial charge in [0.1, 0.15) is 11.1 Å². The van der Waals surface area contributed by atoms with Gasteiger partial charge in [-0.05, 0) is 55.4 Å². The lowest BCUT2D eigenvalue weighted by atomic mass is 9.88. The smallest absolute Gasteiger partial charge is 0.303 e. The van der Waals surface area contributed by atoms with Gasteiger partial charge in [-0.25, -0.2) is 0 Å². The van der Waals surface area contributed by atoms with E-state index < -0.39 is 5.97 Å². The molecule has 0 radical (unpaired) electrons. The second-order valence-electron chi connectivity index (χ2n) is 8.14. The van der Waals surface area contributed by atoms with Crippen LogP contribution in [0, 0.1) is 17.2 Å². The maximum Gasteiger partial charge on any atom is 0.303 e. The first-order chi connectivity index (χ1) is 15.8. The molecule has 7 nitrogen and oxygen atoms in total. The molecule has 2 atom stereocenters. The highest BCUT2D eigenvalue weighted by Crippen LogP contribution is 2.39. The van der Waals surface area contributed by atoms with Gasteiger partial charge in [0.2, 0.25) is 11.8 Å². The number of thioether (sulfide) groups is 1. The number of carbonyl (C=O) groups excluding carboxylic acids is 2. The van der Waals surface area contributed by atoms with Gasteiger partial charge in [0, 0.05) is 21.9 Å². The molecular weight excluding hydrogens is 458 g/mol. The van der Waals surface area contributed by atoms with Gasteiger partial charge in [0.05, 0.1) is 17.2 Å². The van der Waals surface area contributed by atoms with E-state index in [1.54, 1.807) is 18.2 Å². The monoisotopic (exact) mass is 485 g/mol. The molecule has 3 rings (SSSR count). The lowest BCUT2D eigenvalue weighted by molar-refractivity contribution is -0.138. The third kappa shape index (κ3) is 6.59. The summed E-state index contributed by atoms with van der Waals surface area (Å²) in [4.78, 5) is 37.6. The Balaban J connectivity index is 1.67. The number of carbonyl (C=O) groups is 3. The van der Waals surface area contributed by atoms with Crippen LogP contribution in [-0.2, 0) is 27.2 Å². The molecule has 1 aromatic carbocycles. The van der Waals surface area contributed by atoms with E-state index in [1.165, 1.54) is 28.0 Å². The van der Waals surface area contributed by atoms with Gasteiger partial charge >= 0.3 is 5.97 Å². The van der Waals surface area contributed by atoms with Gasteiger partial charge in [-0.15, -0.1) is 23.1 Å². The van der Waals surface area contributed by atoms with E-state index in [0.29, 0.717) is 28.6 Å². The van der Waals surface area contributed by atoms with E-state index in [1.807, 2.05) is 13.0 Å². The lowest BCUT2D eigenvalue weighted by Gasteiger charge is -2.17. The van der Waals surface area contributed by atoms with E-state index in [-0.39, 0.29) is 29.9 Å². The SMILES string of the molecule is CCC(Sc1cccc(NC(=O)CCC(=O)O)c1)C(=O)Nc1sc2c(c1C#N)CCC(C)C2. The maximum absolute atomic E-state index is 13.0. The number of anilines is 2. The number of benzene rings is 1. The second kappa shape index (κ2) is 11.3. The molecule has 2 amide bonds. The quantitative estimate of drug-likeness (QED) is 0.427. The minimum Gasteiger partial charge on any atom is -0.481 e. The Morgan fingerprint density at radius 1 is 1.30 bits per heavy atom. The molecule has 0 bridgehead atoms. The first-order valence-corrected chi connectivity index (χ1v) is 12.6. The molecule has 9 heteroatoms. The summed E-state index contributed by atoms with van der Waals surface area (Å²) in [6.45, 7) is 4.14. The van der Waals surface area contributed by atoms with Crippen LogP contribution < -0.4 is 10.6 Å². The van der Waals surface area contributed by atoms with Crippen LogP contribution in [0.5, 0.6) is 0 Å². The number of amides is 2. The van der Waals surface area contributed by atoms with E-state index in [9.17, 15) is 19.6 Å². The molecule has 0 fully saturated rings. The summed E-state index contributed by atoms with van der Waals surface area (Å²) in [6, 6.07) is 9.42. The average molecular weight is 486 g/mol. The van der Waals surface area contributed by atoms with Crippen molar-refractivity contribution in [3.05, 3.63) is 40.3 Å². The molecule has 1 aliphatic rings. The third-order valence-electron chi connectivity index (χ3n) is 5.49. The van der Waals surface area contributed by atoms with Crippen LogP contribution in [0.1, 0.15) is 55.5 Å². The predicted molar refractivity (Wildman–Crippen MR) is 131 cm³/mol. The summed E-state index contributed by atoms with van der Waals surface area (Å²) in [7, 11) is 0. The zero-order valence-corrected chi connectivity index (χ0v) is 20.3. The lowest BCUT2D eigenvalue weighted by Crippen LogP contribution is -2.24. The standard InChI is InChI=1S/C24H27N3O4S2/c1-3-19(32-16-6-4-5-15(12-16)26-21(28)9-10-22(29)30)23(31)27-24-18(13-25)17-8-7-14(2)11-20(17)33-24/h4-6,12,14,19H,3,7-11H2,1-2H3,(H,26,28)(H,27,31)(H,29,30). The Bertz CT molecular complexity index is 1090. The Labute approximate surface area is 201 Å². The molecule has 0 saturated carbocycles. The molecule has 0 aliphatic heterocycles. The van der Waals surface area contributed by atoms with Crippen LogP contribution in [0.4, 0.5) is 10.7 Å². The van der Waals surface area contributed by atoms with Crippen molar-refractivity contribution < 1.29 is 19.5 Å². The van der Waals surface area contributed by atoms with Crippen LogP contribution in [0.2, 0.25) is 0 Å². The van der Waals surface area contributed by atoms with Gasteiger partial charge in [-0.1, -0.05) is 19.9 Å². The van der Waals surface area contributed by atoms with Gasteiger partial charge in [-0.2, -0.15) is 5.26 Å². The molecular formula is C24H27N3O4S2. The Kier molecular flexibility index (Phi) is 8.53. The Morgan fingerprint density at radius 3 is 2.79 bits per heavy atom. The Hall–Kier alpha value is -2.83. The fraction of sp³-hybridized carbons (Fsp3) is 0.417. The van der Waals surface area contributed by atoms with Gasteiger partial charge in [-0.3, -0.25) is 14.4 Å². The molecule has 2 unspecified atom stereocenters. The number of nitrogens with one attached hydrogen (secondary N) is 2. The minimum atomic E-state index is -1.02. The first kappa shape index (κ1) is 24.8. The topological polar surface area (TPSA) is 119 Å². The normalized spacial score (nSPS) is 15.7. The highest BCUT2D eigenvalue weighted by Gasteiger charge is 2.26. The third-order valence-corrected chi connectivity index (χ3v) is 8.01. The fourth-order valence-corrected chi connectivity index (χ4v) is 6.10. The second-order valence-corrected chi connectivity index (χ2v) is 10.5. The number of rotatable bonds is 9. The van der Waals surface area contributed by atoms with Crippen molar-refractivity contribution in [1.82, 2.24) is 0 Å².